The second kappa shape index (κ2) is 7.34. The summed E-state index contributed by atoms with van der Waals surface area (Å²) in [6.45, 7) is 5.27. The smallest absolute Gasteiger partial charge is 0.223 e. The molecule has 4 nitrogen and oxygen atoms in total. The maximum atomic E-state index is 12.1. The zero-order valence-corrected chi connectivity index (χ0v) is 13.9. The third kappa shape index (κ3) is 3.93. The maximum Gasteiger partial charge on any atom is 0.223 e. The quantitative estimate of drug-likeness (QED) is 0.817. The number of hydrogen-bond donors (Lipinski definition) is 2. The van der Waals surface area contributed by atoms with Crippen LogP contribution < -0.4 is 15.4 Å². The molecule has 3 rings (SSSR count). The van der Waals surface area contributed by atoms with Crippen molar-refractivity contribution in [3.05, 3.63) is 29.8 Å². The Morgan fingerprint density at radius 1 is 1.32 bits per heavy atom. The summed E-state index contributed by atoms with van der Waals surface area (Å²) in [6, 6.07) is 7.97. The molecule has 1 aromatic rings. The number of amides is 1. The molecule has 1 saturated carbocycles. The lowest BCUT2D eigenvalue weighted by molar-refractivity contribution is -0.123. The molecular formula is C17H25ClN2O2. The minimum absolute atomic E-state index is 0. The predicted octanol–water partition coefficient (Wildman–Crippen LogP) is 2.30. The second-order valence-electron chi connectivity index (χ2n) is 6.32. The highest BCUT2D eigenvalue weighted by atomic mass is 35.5. The standard InChI is InChI=1S/C17H24N2O2.ClH/c1-13-2-4-14(5-3-13)21-11-10-19-16(20)15-12-17(15)6-8-18-9-7-17;/h2-5,15,18H,6-12H2,1H3,(H,19,20);1H. The largest absolute Gasteiger partial charge is 0.492 e. The number of halogens is 1. The molecule has 22 heavy (non-hydrogen) atoms. The van der Waals surface area contributed by atoms with Crippen LogP contribution in [0.1, 0.15) is 24.8 Å². The Labute approximate surface area is 138 Å². The van der Waals surface area contributed by atoms with Crippen LogP contribution in [-0.2, 0) is 4.79 Å². The topological polar surface area (TPSA) is 50.4 Å². The van der Waals surface area contributed by atoms with Crippen molar-refractivity contribution < 1.29 is 9.53 Å². The van der Waals surface area contributed by atoms with Crippen LogP contribution in [0.2, 0.25) is 0 Å². The average molecular weight is 325 g/mol. The van der Waals surface area contributed by atoms with Gasteiger partial charge in [-0.3, -0.25) is 4.79 Å². The Hall–Kier alpha value is -1.26. The highest BCUT2D eigenvalue weighted by Gasteiger charge is 2.57. The van der Waals surface area contributed by atoms with E-state index in [0.717, 1.165) is 38.1 Å². The molecule has 0 aromatic heterocycles. The minimum atomic E-state index is 0. The first-order valence-electron chi connectivity index (χ1n) is 7.88. The number of piperidine rings is 1. The van der Waals surface area contributed by atoms with E-state index in [9.17, 15) is 4.79 Å². The Morgan fingerprint density at radius 2 is 2.00 bits per heavy atom. The minimum Gasteiger partial charge on any atom is -0.492 e. The summed E-state index contributed by atoms with van der Waals surface area (Å²) in [5.41, 5.74) is 1.53. The number of ether oxygens (including phenoxy) is 1. The van der Waals surface area contributed by atoms with Gasteiger partial charge in [0.05, 0.1) is 6.54 Å². The molecule has 5 heteroatoms. The monoisotopic (exact) mass is 324 g/mol. The molecule has 1 unspecified atom stereocenters. The van der Waals surface area contributed by atoms with Crippen molar-refractivity contribution in [3.63, 3.8) is 0 Å². The summed E-state index contributed by atoms with van der Waals surface area (Å²) in [4.78, 5) is 12.1. The molecule has 1 amide bonds. The number of aryl methyl sites for hydroxylation is 1. The van der Waals surface area contributed by atoms with E-state index in [1.165, 1.54) is 5.56 Å². The summed E-state index contributed by atoms with van der Waals surface area (Å²) < 4.78 is 5.62. The van der Waals surface area contributed by atoms with E-state index in [2.05, 4.69) is 17.6 Å². The van der Waals surface area contributed by atoms with Gasteiger partial charge in [-0.2, -0.15) is 0 Å². The molecule has 1 heterocycles. The zero-order valence-electron chi connectivity index (χ0n) is 13.1. The normalized spacial score (nSPS) is 21.8. The van der Waals surface area contributed by atoms with Crippen molar-refractivity contribution in [3.8, 4) is 5.75 Å². The Kier molecular flexibility index (Phi) is 5.70. The van der Waals surface area contributed by atoms with E-state index >= 15 is 0 Å². The van der Waals surface area contributed by atoms with Crippen LogP contribution in [0.25, 0.3) is 0 Å². The molecule has 1 spiro atoms. The molecule has 1 aromatic carbocycles. The lowest BCUT2D eigenvalue weighted by Gasteiger charge is -2.23. The van der Waals surface area contributed by atoms with Crippen LogP contribution in [0.3, 0.4) is 0 Å². The van der Waals surface area contributed by atoms with Gasteiger partial charge in [0.25, 0.3) is 0 Å². The Morgan fingerprint density at radius 3 is 2.68 bits per heavy atom. The first-order valence-corrected chi connectivity index (χ1v) is 7.88. The summed E-state index contributed by atoms with van der Waals surface area (Å²) in [7, 11) is 0. The molecule has 2 N–H and O–H groups in total. The average Bonchev–Trinajstić information content (AvgIpc) is 3.19. The van der Waals surface area contributed by atoms with E-state index < -0.39 is 0 Å². The van der Waals surface area contributed by atoms with Crippen molar-refractivity contribution in [2.24, 2.45) is 11.3 Å². The summed E-state index contributed by atoms with van der Waals surface area (Å²) in [5.74, 6) is 1.31. The van der Waals surface area contributed by atoms with Gasteiger partial charge in [-0.05, 0) is 56.8 Å². The lowest BCUT2D eigenvalue weighted by atomic mass is 9.92. The van der Waals surface area contributed by atoms with Crippen LogP contribution in [0.5, 0.6) is 5.75 Å². The van der Waals surface area contributed by atoms with Gasteiger partial charge in [0, 0.05) is 5.92 Å². The molecule has 1 aliphatic carbocycles. The van der Waals surface area contributed by atoms with Gasteiger partial charge < -0.3 is 15.4 Å². The van der Waals surface area contributed by atoms with Crippen molar-refractivity contribution in [1.82, 2.24) is 10.6 Å². The van der Waals surface area contributed by atoms with E-state index in [0.29, 0.717) is 18.6 Å². The fourth-order valence-electron chi connectivity index (χ4n) is 3.30. The van der Waals surface area contributed by atoms with Crippen molar-refractivity contribution >= 4 is 18.3 Å². The zero-order chi connectivity index (χ0) is 14.7. The van der Waals surface area contributed by atoms with E-state index in [1.807, 2.05) is 24.3 Å². The number of carbonyl (C=O) groups excluding carboxylic acids is 1. The fraction of sp³-hybridized carbons (Fsp3) is 0.588. The van der Waals surface area contributed by atoms with Crippen LogP contribution in [-0.4, -0.2) is 32.1 Å². The van der Waals surface area contributed by atoms with Gasteiger partial charge in [-0.1, -0.05) is 17.7 Å². The number of nitrogens with one attached hydrogen (secondary N) is 2. The summed E-state index contributed by atoms with van der Waals surface area (Å²) >= 11 is 0. The molecule has 0 bridgehead atoms. The number of rotatable bonds is 5. The molecular weight excluding hydrogens is 300 g/mol. The van der Waals surface area contributed by atoms with Crippen LogP contribution in [0.4, 0.5) is 0 Å². The van der Waals surface area contributed by atoms with Crippen LogP contribution in [0.15, 0.2) is 24.3 Å². The van der Waals surface area contributed by atoms with Crippen molar-refractivity contribution in [2.45, 2.75) is 26.2 Å². The van der Waals surface area contributed by atoms with Crippen molar-refractivity contribution in [1.29, 1.82) is 0 Å². The second-order valence-corrected chi connectivity index (χ2v) is 6.32. The van der Waals surface area contributed by atoms with Gasteiger partial charge in [-0.25, -0.2) is 0 Å². The summed E-state index contributed by atoms with van der Waals surface area (Å²) in [6.07, 6.45) is 3.36. The first-order chi connectivity index (χ1) is 10.2. The lowest BCUT2D eigenvalue weighted by Crippen LogP contribution is -2.35. The fourth-order valence-corrected chi connectivity index (χ4v) is 3.30. The highest BCUT2D eigenvalue weighted by molar-refractivity contribution is 5.85. The molecule has 2 aliphatic rings. The molecule has 1 saturated heterocycles. The molecule has 122 valence electrons. The van der Waals surface area contributed by atoms with E-state index in [-0.39, 0.29) is 24.2 Å². The maximum absolute atomic E-state index is 12.1. The van der Waals surface area contributed by atoms with E-state index in [1.54, 1.807) is 0 Å². The predicted molar refractivity (Wildman–Crippen MR) is 89.6 cm³/mol. The number of carbonyl (C=O) groups is 1. The highest BCUT2D eigenvalue weighted by Crippen LogP contribution is 2.58. The van der Waals surface area contributed by atoms with Crippen LogP contribution >= 0.6 is 12.4 Å². The van der Waals surface area contributed by atoms with E-state index in [4.69, 9.17) is 4.74 Å². The van der Waals surface area contributed by atoms with Gasteiger partial charge in [0.1, 0.15) is 12.4 Å². The molecule has 2 fully saturated rings. The Balaban J connectivity index is 0.00000176. The third-order valence-electron chi connectivity index (χ3n) is 4.80. The van der Waals surface area contributed by atoms with Crippen molar-refractivity contribution in [2.75, 3.05) is 26.2 Å². The van der Waals surface area contributed by atoms with Gasteiger partial charge in [-0.15, -0.1) is 12.4 Å². The third-order valence-corrected chi connectivity index (χ3v) is 4.80. The number of hydrogen-bond acceptors (Lipinski definition) is 3. The molecule has 0 radical (unpaired) electrons. The first kappa shape index (κ1) is 17.1. The molecule has 1 aliphatic heterocycles. The van der Waals surface area contributed by atoms with Crippen LogP contribution in [0, 0.1) is 18.3 Å². The van der Waals surface area contributed by atoms with Gasteiger partial charge in [0.15, 0.2) is 0 Å². The van der Waals surface area contributed by atoms with Gasteiger partial charge >= 0.3 is 0 Å². The van der Waals surface area contributed by atoms with Gasteiger partial charge in [0.2, 0.25) is 5.91 Å². The SMILES string of the molecule is Cc1ccc(OCCNC(=O)C2CC23CCNCC3)cc1.Cl. The Bertz CT molecular complexity index is 498. The molecule has 1 atom stereocenters. The number of benzene rings is 1. The summed E-state index contributed by atoms with van der Waals surface area (Å²) in [5, 5.41) is 6.38.